The second-order valence-electron chi connectivity index (χ2n) is 15.2. The van der Waals surface area contributed by atoms with Crippen molar-refractivity contribution in [2.45, 2.75) is 19.3 Å². The lowest BCUT2D eigenvalue weighted by Crippen LogP contribution is -2.01. The van der Waals surface area contributed by atoms with Crippen LogP contribution in [0.2, 0.25) is 0 Å². The number of nitrogens with one attached hydrogen (secondary N) is 3. The molecule has 0 saturated heterocycles. The van der Waals surface area contributed by atoms with Gasteiger partial charge in [0, 0.05) is 52.6 Å². The number of aromatic nitrogens is 6. The van der Waals surface area contributed by atoms with E-state index in [1.165, 1.54) is 16.7 Å². The molecule has 0 radical (unpaired) electrons. The van der Waals surface area contributed by atoms with Crippen LogP contribution in [0.5, 0.6) is 0 Å². The Morgan fingerprint density at radius 1 is 0.267 bits per heavy atom. The predicted octanol–water partition coefficient (Wildman–Crippen LogP) is 12.6. The molecular weight excluding hydrogens is 733 g/mol. The summed E-state index contributed by atoms with van der Waals surface area (Å²) < 4.78 is 0. The van der Waals surface area contributed by atoms with Crippen molar-refractivity contribution in [1.82, 2.24) is 30.6 Å². The summed E-state index contributed by atoms with van der Waals surface area (Å²) in [5.41, 5.74) is 19.6. The van der Waals surface area contributed by atoms with E-state index in [-0.39, 0.29) is 0 Å². The number of hydrogen-bond donors (Lipinski definition) is 3. The summed E-state index contributed by atoms with van der Waals surface area (Å²) in [6, 6.07) is 70.2. The third kappa shape index (κ3) is 7.50. The number of hydrogen-bond acceptors (Lipinski definition) is 3. The summed E-state index contributed by atoms with van der Waals surface area (Å²) in [5, 5.41) is 25.2. The van der Waals surface area contributed by atoms with Gasteiger partial charge in [-0.15, -0.1) is 0 Å². The first kappa shape index (κ1) is 36.5. The highest BCUT2D eigenvalue weighted by atomic mass is 15.1. The molecule has 6 heteroatoms. The molecule has 60 heavy (non-hydrogen) atoms. The van der Waals surface area contributed by atoms with Crippen molar-refractivity contribution >= 4 is 0 Å². The van der Waals surface area contributed by atoms with E-state index in [9.17, 15) is 0 Å². The maximum absolute atomic E-state index is 4.96. The molecule has 0 atom stereocenters. The number of H-pyrrole nitrogens is 3. The quantitative estimate of drug-likeness (QED) is 0.116. The van der Waals surface area contributed by atoms with Crippen LogP contribution in [0.3, 0.4) is 0 Å². The van der Waals surface area contributed by atoms with Gasteiger partial charge in [0.2, 0.25) is 0 Å². The Morgan fingerprint density at radius 2 is 0.483 bits per heavy atom. The first-order valence-corrected chi connectivity index (χ1v) is 20.4. The van der Waals surface area contributed by atoms with Gasteiger partial charge in [-0.2, -0.15) is 15.3 Å². The lowest BCUT2D eigenvalue weighted by atomic mass is 9.89. The van der Waals surface area contributed by atoms with Gasteiger partial charge in [-0.3, -0.25) is 15.3 Å². The van der Waals surface area contributed by atoms with E-state index < -0.39 is 0 Å². The van der Waals surface area contributed by atoms with E-state index in [2.05, 4.69) is 215 Å². The van der Waals surface area contributed by atoms with E-state index in [4.69, 9.17) is 15.3 Å². The van der Waals surface area contributed by atoms with Gasteiger partial charge in [-0.1, -0.05) is 200 Å². The third-order valence-corrected chi connectivity index (χ3v) is 11.2. The first-order chi connectivity index (χ1) is 29.7. The Bertz CT molecular complexity index is 2460. The van der Waals surface area contributed by atoms with E-state index in [1.807, 2.05) is 0 Å². The van der Waals surface area contributed by atoms with Crippen LogP contribution in [0.1, 0.15) is 33.4 Å². The standard InChI is InChI=1S/C54H42N6/c1-7-19-40(20-8-1)49-46(50(56-55-49)41-21-9-2-10-22-41)34-37-31-38(35-47-51(42-23-11-3-12-24-42)57-58-52(47)43-25-13-4-14-26-43)33-39(32-37)36-48-53(44-27-15-5-16-28-44)59-60-54(48)45-29-17-6-18-30-45/h1-33H,34-36H2,(H,55,56)(H,57,58)(H,59,60). The first-order valence-electron chi connectivity index (χ1n) is 20.4. The van der Waals surface area contributed by atoms with Gasteiger partial charge in [-0.25, -0.2) is 0 Å². The average Bonchev–Trinajstić information content (AvgIpc) is 4.05. The third-order valence-electron chi connectivity index (χ3n) is 11.2. The highest BCUT2D eigenvalue weighted by molar-refractivity contribution is 5.78. The van der Waals surface area contributed by atoms with Crippen LogP contribution >= 0.6 is 0 Å². The smallest absolute Gasteiger partial charge is 0.0962 e. The van der Waals surface area contributed by atoms with Crippen LogP contribution in [0.15, 0.2) is 200 Å². The maximum atomic E-state index is 4.96. The molecule has 3 N–H and O–H groups in total. The minimum absolute atomic E-state index is 0.677. The van der Waals surface area contributed by atoms with Crippen LogP contribution < -0.4 is 0 Å². The van der Waals surface area contributed by atoms with Crippen molar-refractivity contribution in [3.8, 4) is 67.5 Å². The monoisotopic (exact) mass is 774 g/mol. The molecule has 0 aliphatic rings. The summed E-state index contributed by atoms with van der Waals surface area (Å²) in [5.74, 6) is 0. The van der Waals surface area contributed by atoms with Crippen LogP contribution in [-0.4, -0.2) is 30.6 Å². The Kier molecular flexibility index (Phi) is 10.1. The topological polar surface area (TPSA) is 86.0 Å². The van der Waals surface area contributed by atoms with Crippen LogP contribution in [0.4, 0.5) is 0 Å². The summed E-state index contributed by atoms with van der Waals surface area (Å²) in [6.07, 6.45) is 2.03. The van der Waals surface area contributed by atoms with Gasteiger partial charge in [0.25, 0.3) is 0 Å². The van der Waals surface area contributed by atoms with E-state index in [1.54, 1.807) is 0 Å². The Morgan fingerprint density at radius 3 is 0.717 bits per heavy atom. The SMILES string of the molecule is c1ccc(-c2n[nH]c(-c3ccccc3)c2Cc2cc(Cc3c(-c4ccccc4)n[nH]c3-c3ccccc3)cc(Cc3c(-c4ccccc4)n[nH]c3-c3ccccc3)c2)cc1. The molecule has 0 aliphatic carbocycles. The highest BCUT2D eigenvalue weighted by Crippen LogP contribution is 2.37. The van der Waals surface area contributed by atoms with Crippen molar-refractivity contribution in [3.05, 3.63) is 234 Å². The van der Waals surface area contributed by atoms with Crippen molar-refractivity contribution in [3.63, 3.8) is 0 Å². The predicted molar refractivity (Wildman–Crippen MR) is 243 cm³/mol. The second-order valence-corrected chi connectivity index (χ2v) is 15.2. The molecule has 0 bridgehead atoms. The summed E-state index contributed by atoms with van der Waals surface area (Å²) >= 11 is 0. The minimum atomic E-state index is 0.677. The molecule has 7 aromatic carbocycles. The van der Waals surface area contributed by atoms with Crippen molar-refractivity contribution < 1.29 is 0 Å². The Labute approximate surface area is 349 Å². The van der Waals surface area contributed by atoms with Gasteiger partial charge >= 0.3 is 0 Å². The molecular formula is C54H42N6. The zero-order chi connectivity index (χ0) is 40.1. The average molecular weight is 775 g/mol. The molecule has 0 fully saturated rings. The van der Waals surface area contributed by atoms with E-state index >= 15 is 0 Å². The van der Waals surface area contributed by atoms with Crippen molar-refractivity contribution in [2.24, 2.45) is 0 Å². The lowest BCUT2D eigenvalue weighted by molar-refractivity contribution is 1.10. The summed E-state index contributed by atoms with van der Waals surface area (Å²) in [7, 11) is 0. The number of aromatic amines is 3. The molecule has 0 spiro atoms. The molecule has 6 nitrogen and oxygen atoms in total. The fourth-order valence-electron chi connectivity index (χ4n) is 8.40. The fraction of sp³-hybridized carbons (Fsp3) is 0.0556. The van der Waals surface area contributed by atoms with Crippen LogP contribution in [0, 0.1) is 0 Å². The maximum Gasteiger partial charge on any atom is 0.0962 e. The molecule has 0 unspecified atom stereocenters. The van der Waals surface area contributed by atoms with Crippen molar-refractivity contribution in [1.29, 1.82) is 0 Å². The number of benzene rings is 7. The largest absolute Gasteiger partial charge is 0.277 e. The van der Waals surface area contributed by atoms with Gasteiger partial charge in [-0.05, 0) is 33.4 Å². The molecule has 0 amide bonds. The highest BCUT2D eigenvalue weighted by Gasteiger charge is 2.22. The number of nitrogens with zero attached hydrogens (tertiary/aromatic N) is 3. The number of rotatable bonds is 12. The summed E-state index contributed by atoms with van der Waals surface area (Å²) in [6.45, 7) is 0. The summed E-state index contributed by atoms with van der Waals surface area (Å²) in [4.78, 5) is 0. The van der Waals surface area contributed by atoms with E-state index in [0.29, 0.717) is 19.3 Å². The Hall–Kier alpha value is -7.83. The normalized spacial score (nSPS) is 11.2. The Balaban J connectivity index is 1.14. The molecule has 10 aromatic rings. The fourth-order valence-corrected chi connectivity index (χ4v) is 8.40. The molecule has 0 aliphatic heterocycles. The van der Waals surface area contributed by atoms with Gasteiger partial charge in [0.05, 0.1) is 34.2 Å². The van der Waals surface area contributed by atoms with E-state index in [0.717, 1.165) is 84.2 Å². The van der Waals surface area contributed by atoms with Gasteiger partial charge in [0.15, 0.2) is 0 Å². The molecule has 3 heterocycles. The lowest BCUT2D eigenvalue weighted by Gasteiger charge is -2.14. The van der Waals surface area contributed by atoms with Gasteiger partial charge in [0.1, 0.15) is 0 Å². The molecule has 10 rings (SSSR count). The zero-order valence-electron chi connectivity index (χ0n) is 33.0. The minimum Gasteiger partial charge on any atom is -0.277 e. The molecule has 288 valence electrons. The second kappa shape index (κ2) is 16.6. The van der Waals surface area contributed by atoms with Gasteiger partial charge < -0.3 is 0 Å². The van der Waals surface area contributed by atoms with Crippen molar-refractivity contribution in [2.75, 3.05) is 0 Å². The zero-order valence-corrected chi connectivity index (χ0v) is 33.0. The molecule has 0 saturated carbocycles. The van der Waals surface area contributed by atoms with Crippen LogP contribution in [-0.2, 0) is 19.3 Å². The van der Waals surface area contributed by atoms with Crippen LogP contribution in [0.25, 0.3) is 67.5 Å². The molecule has 3 aromatic heterocycles.